The van der Waals surface area contributed by atoms with E-state index in [1.54, 1.807) is 0 Å². The Bertz CT molecular complexity index is 390. The molecular formula is C17H29ClN2. The van der Waals surface area contributed by atoms with Crippen molar-refractivity contribution in [3.63, 3.8) is 0 Å². The van der Waals surface area contributed by atoms with Gasteiger partial charge in [0.1, 0.15) is 0 Å². The summed E-state index contributed by atoms with van der Waals surface area (Å²) >= 11 is 5.96. The van der Waals surface area contributed by atoms with E-state index in [0.717, 1.165) is 24.5 Å². The third kappa shape index (κ3) is 4.76. The zero-order valence-corrected chi connectivity index (χ0v) is 14.1. The van der Waals surface area contributed by atoms with Gasteiger partial charge in [0.25, 0.3) is 0 Å². The van der Waals surface area contributed by atoms with Crippen molar-refractivity contribution < 1.29 is 0 Å². The Morgan fingerprint density at radius 3 is 2.30 bits per heavy atom. The van der Waals surface area contributed by atoms with Crippen molar-refractivity contribution in [3.8, 4) is 0 Å². The zero-order chi connectivity index (χ0) is 15.2. The number of rotatable bonds is 8. The summed E-state index contributed by atoms with van der Waals surface area (Å²) in [5, 5.41) is 0.787. The van der Waals surface area contributed by atoms with Gasteiger partial charge in [0.15, 0.2) is 0 Å². The van der Waals surface area contributed by atoms with Gasteiger partial charge in [-0.05, 0) is 43.5 Å². The van der Waals surface area contributed by atoms with Crippen LogP contribution in [0, 0.1) is 5.92 Å². The van der Waals surface area contributed by atoms with E-state index in [4.69, 9.17) is 17.3 Å². The van der Waals surface area contributed by atoms with Crippen molar-refractivity contribution in [2.75, 3.05) is 19.6 Å². The van der Waals surface area contributed by atoms with Crippen LogP contribution >= 0.6 is 11.6 Å². The van der Waals surface area contributed by atoms with E-state index in [0.29, 0.717) is 12.5 Å². The van der Waals surface area contributed by atoms with Crippen LogP contribution in [0.25, 0.3) is 0 Å². The highest BCUT2D eigenvalue weighted by atomic mass is 35.5. The first-order valence-corrected chi connectivity index (χ1v) is 8.02. The van der Waals surface area contributed by atoms with Crippen molar-refractivity contribution in [1.82, 2.24) is 4.90 Å². The molecule has 1 aromatic carbocycles. The number of hydrogen-bond donors (Lipinski definition) is 1. The molecule has 1 aromatic rings. The number of likely N-dealkylation sites (N-methyl/N-ethyl adjacent to an activating group) is 1. The summed E-state index contributed by atoms with van der Waals surface area (Å²) in [6, 6.07) is 8.12. The van der Waals surface area contributed by atoms with E-state index >= 15 is 0 Å². The molecule has 2 nitrogen and oxygen atoms in total. The van der Waals surface area contributed by atoms with Crippen molar-refractivity contribution in [2.24, 2.45) is 11.7 Å². The Hall–Kier alpha value is -0.570. The monoisotopic (exact) mass is 296 g/mol. The van der Waals surface area contributed by atoms with E-state index in [-0.39, 0.29) is 5.54 Å². The van der Waals surface area contributed by atoms with E-state index in [1.165, 1.54) is 12.0 Å². The zero-order valence-electron chi connectivity index (χ0n) is 13.3. The molecule has 114 valence electrons. The molecule has 0 amide bonds. The van der Waals surface area contributed by atoms with Crippen LogP contribution in [0.3, 0.4) is 0 Å². The average Bonchev–Trinajstić information content (AvgIpc) is 2.46. The molecule has 0 spiro atoms. The van der Waals surface area contributed by atoms with E-state index in [2.05, 4.69) is 44.7 Å². The highest BCUT2D eigenvalue weighted by molar-refractivity contribution is 6.30. The number of nitrogens with zero attached hydrogens (tertiary/aromatic N) is 1. The van der Waals surface area contributed by atoms with Crippen LogP contribution in [-0.4, -0.2) is 30.1 Å². The Balaban J connectivity index is 2.84. The summed E-state index contributed by atoms with van der Waals surface area (Å²) in [6.07, 6.45) is 2.17. The van der Waals surface area contributed by atoms with Gasteiger partial charge in [-0.2, -0.15) is 0 Å². The third-order valence-corrected chi connectivity index (χ3v) is 4.56. The van der Waals surface area contributed by atoms with Crippen LogP contribution in [0.2, 0.25) is 5.02 Å². The highest BCUT2D eigenvalue weighted by Gasteiger charge is 2.30. The number of halogens is 1. The predicted octanol–water partition coefficient (Wildman–Crippen LogP) is 3.97. The molecular weight excluding hydrogens is 268 g/mol. The van der Waals surface area contributed by atoms with E-state index < -0.39 is 0 Å². The maximum Gasteiger partial charge on any atom is 0.0406 e. The number of nitrogens with two attached hydrogens (primary N) is 1. The van der Waals surface area contributed by atoms with Crippen molar-refractivity contribution in [3.05, 3.63) is 34.9 Å². The average molecular weight is 297 g/mol. The maximum absolute atomic E-state index is 6.11. The summed E-state index contributed by atoms with van der Waals surface area (Å²) in [7, 11) is 0. The number of hydrogen-bond acceptors (Lipinski definition) is 2. The summed E-state index contributed by atoms with van der Waals surface area (Å²) in [4.78, 5) is 2.52. The van der Waals surface area contributed by atoms with Gasteiger partial charge in [0.2, 0.25) is 0 Å². The predicted molar refractivity (Wildman–Crippen MR) is 89.3 cm³/mol. The fraction of sp³-hybridized carbons (Fsp3) is 0.647. The van der Waals surface area contributed by atoms with Gasteiger partial charge in [-0.25, -0.2) is 0 Å². The van der Waals surface area contributed by atoms with Gasteiger partial charge in [-0.15, -0.1) is 0 Å². The van der Waals surface area contributed by atoms with Crippen LogP contribution in [0.1, 0.15) is 39.7 Å². The van der Waals surface area contributed by atoms with Crippen LogP contribution in [0.15, 0.2) is 24.3 Å². The normalized spacial score (nSPS) is 16.1. The Labute approximate surface area is 129 Å². The fourth-order valence-electron chi connectivity index (χ4n) is 2.59. The van der Waals surface area contributed by atoms with Crippen molar-refractivity contribution >= 4 is 11.6 Å². The second-order valence-electron chi connectivity index (χ2n) is 6.06. The Morgan fingerprint density at radius 1 is 1.25 bits per heavy atom. The van der Waals surface area contributed by atoms with Gasteiger partial charge < -0.3 is 5.73 Å². The molecule has 0 aliphatic rings. The topological polar surface area (TPSA) is 29.3 Å². The fourth-order valence-corrected chi connectivity index (χ4v) is 2.72. The van der Waals surface area contributed by atoms with Crippen LogP contribution in [-0.2, 0) is 6.42 Å². The van der Waals surface area contributed by atoms with Crippen molar-refractivity contribution in [2.45, 2.75) is 46.1 Å². The first-order valence-electron chi connectivity index (χ1n) is 7.64. The lowest BCUT2D eigenvalue weighted by Crippen LogP contribution is -2.54. The molecule has 1 rings (SSSR count). The molecule has 2 atom stereocenters. The van der Waals surface area contributed by atoms with Gasteiger partial charge in [-0.3, -0.25) is 4.90 Å². The molecule has 0 fully saturated rings. The molecule has 2 unspecified atom stereocenters. The summed E-state index contributed by atoms with van der Waals surface area (Å²) < 4.78 is 0. The number of benzene rings is 1. The summed E-state index contributed by atoms with van der Waals surface area (Å²) in [5.41, 5.74) is 7.41. The van der Waals surface area contributed by atoms with Gasteiger partial charge in [0, 0.05) is 23.7 Å². The Morgan fingerprint density at radius 2 is 1.85 bits per heavy atom. The minimum absolute atomic E-state index is 0.00596. The Kier molecular flexibility index (Phi) is 7.01. The molecule has 0 aliphatic heterocycles. The lowest BCUT2D eigenvalue weighted by atomic mass is 9.89. The van der Waals surface area contributed by atoms with Gasteiger partial charge >= 0.3 is 0 Å². The summed E-state index contributed by atoms with van der Waals surface area (Å²) in [5.74, 6) is 0.700. The van der Waals surface area contributed by atoms with Crippen molar-refractivity contribution in [1.29, 1.82) is 0 Å². The molecule has 0 aliphatic carbocycles. The third-order valence-electron chi connectivity index (χ3n) is 4.31. The van der Waals surface area contributed by atoms with Crippen LogP contribution in [0.5, 0.6) is 0 Å². The molecule has 0 radical (unpaired) electrons. The molecule has 2 N–H and O–H groups in total. The molecule has 3 heteroatoms. The molecule has 0 heterocycles. The first-order chi connectivity index (χ1) is 9.45. The van der Waals surface area contributed by atoms with Crippen LogP contribution < -0.4 is 5.73 Å². The second-order valence-corrected chi connectivity index (χ2v) is 6.49. The highest BCUT2D eigenvalue weighted by Crippen LogP contribution is 2.23. The minimum Gasteiger partial charge on any atom is -0.329 e. The second kappa shape index (κ2) is 8.02. The van der Waals surface area contributed by atoms with E-state index in [9.17, 15) is 0 Å². The van der Waals surface area contributed by atoms with Crippen LogP contribution in [0.4, 0.5) is 0 Å². The lowest BCUT2D eigenvalue weighted by Gasteiger charge is -2.41. The molecule has 0 aromatic heterocycles. The molecule has 20 heavy (non-hydrogen) atoms. The molecule has 0 saturated carbocycles. The largest absolute Gasteiger partial charge is 0.329 e. The van der Waals surface area contributed by atoms with E-state index in [1.807, 2.05) is 12.1 Å². The van der Waals surface area contributed by atoms with Gasteiger partial charge in [-0.1, -0.05) is 50.9 Å². The van der Waals surface area contributed by atoms with Gasteiger partial charge in [0.05, 0.1) is 0 Å². The first kappa shape index (κ1) is 17.5. The summed E-state index contributed by atoms with van der Waals surface area (Å²) in [6.45, 7) is 11.9. The molecule has 0 bridgehead atoms. The lowest BCUT2D eigenvalue weighted by molar-refractivity contribution is 0.0980. The molecule has 0 saturated heterocycles. The SMILES string of the molecule is CCC(C)CN(CC)C(C)(CN)Cc1ccc(Cl)cc1. The smallest absolute Gasteiger partial charge is 0.0406 e. The maximum atomic E-state index is 6.11. The minimum atomic E-state index is 0.00596. The quantitative estimate of drug-likeness (QED) is 0.786. The standard InChI is InChI=1S/C17H29ClN2/c1-5-14(3)12-20(6-2)17(4,13-19)11-15-7-9-16(18)10-8-15/h7-10,14H,5-6,11-13,19H2,1-4H3.